The lowest BCUT2D eigenvalue weighted by molar-refractivity contribution is 0.933. The van der Waals surface area contributed by atoms with Crippen LogP contribution in [0, 0.1) is 0 Å². The first kappa shape index (κ1) is 13.9. The summed E-state index contributed by atoms with van der Waals surface area (Å²) in [6.45, 7) is 0.551. The number of halogens is 2. The van der Waals surface area contributed by atoms with Crippen LogP contribution in [0.15, 0.2) is 52.1 Å². The molecule has 1 aromatic heterocycles. The summed E-state index contributed by atoms with van der Waals surface area (Å²) >= 11 is 11.0. The average Bonchev–Trinajstić information content (AvgIpc) is 2.39. The largest absolute Gasteiger partial charge is 0.329 e. The van der Waals surface area contributed by atoms with E-state index in [4.69, 9.17) is 17.3 Å². The molecule has 0 saturated carbocycles. The molecule has 2 N–H and O–H groups in total. The predicted molar refractivity (Wildman–Crippen MR) is 81.0 cm³/mol. The standard InChI is InChI=1S/C13H12BrClN2S/c14-11-2-1-7-17-13(11)18-12(8-16)9-3-5-10(15)6-4-9/h1-7,12H,8,16H2. The minimum Gasteiger partial charge on any atom is -0.329 e. The number of nitrogens with two attached hydrogens (primary N) is 1. The number of thioether (sulfide) groups is 1. The Hall–Kier alpha value is -0.550. The van der Waals surface area contributed by atoms with Gasteiger partial charge in [0.1, 0.15) is 5.03 Å². The second-order valence-corrected chi connectivity index (χ2v) is 6.17. The molecule has 2 rings (SSSR count). The maximum absolute atomic E-state index is 5.89. The molecule has 0 aliphatic carbocycles. The van der Waals surface area contributed by atoms with Crippen molar-refractivity contribution in [2.75, 3.05) is 6.54 Å². The van der Waals surface area contributed by atoms with Gasteiger partial charge >= 0.3 is 0 Å². The predicted octanol–water partition coefficient (Wildman–Crippen LogP) is 4.29. The third-order valence-corrected chi connectivity index (χ3v) is 4.89. The highest BCUT2D eigenvalue weighted by Gasteiger charge is 2.13. The molecular weight excluding hydrogens is 332 g/mol. The minimum atomic E-state index is 0.175. The van der Waals surface area contributed by atoms with E-state index in [0.29, 0.717) is 6.54 Å². The molecule has 0 fully saturated rings. The normalized spacial score (nSPS) is 12.4. The number of rotatable bonds is 4. The van der Waals surface area contributed by atoms with E-state index in [2.05, 4.69) is 20.9 Å². The zero-order valence-electron chi connectivity index (χ0n) is 9.51. The second kappa shape index (κ2) is 6.57. The fourth-order valence-corrected chi connectivity index (χ4v) is 3.14. The third kappa shape index (κ3) is 3.48. The van der Waals surface area contributed by atoms with Gasteiger partial charge in [0.05, 0.1) is 0 Å². The highest BCUT2D eigenvalue weighted by atomic mass is 79.9. The van der Waals surface area contributed by atoms with Crippen molar-refractivity contribution in [1.82, 2.24) is 4.98 Å². The highest BCUT2D eigenvalue weighted by molar-refractivity contribution is 9.10. The van der Waals surface area contributed by atoms with Crippen LogP contribution in [0.4, 0.5) is 0 Å². The van der Waals surface area contributed by atoms with Gasteiger partial charge in [0.25, 0.3) is 0 Å². The number of nitrogens with zero attached hydrogens (tertiary/aromatic N) is 1. The van der Waals surface area contributed by atoms with E-state index in [-0.39, 0.29) is 5.25 Å². The first-order valence-corrected chi connectivity index (χ1v) is 7.48. The van der Waals surface area contributed by atoms with Crippen LogP contribution in [0.2, 0.25) is 5.02 Å². The topological polar surface area (TPSA) is 38.9 Å². The Morgan fingerprint density at radius 2 is 2.00 bits per heavy atom. The summed E-state index contributed by atoms with van der Waals surface area (Å²) in [4.78, 5) is 4.34. The highest BCUT2D eigenvalue weighted by Crippen LogP contribution is 2.36. The van der Waals surface area contributed by atoms with Gasteiger partial charge in [0, 0.05) is 27.5 Å². The van der Waals surface area contributed by atoms with E-state index >= 15 is 0 Å². The molecule has 94 valence electrons. The van der Waals surface area contributed by atoms with Crippen LogP contribution in [-0.2, 0) is 0 Å². The summed E-state index contributed by atoms with van der Waals surface area (Å²) in [5.74, 6) is 0. The lowest BCUT2D eigenvalue weighted by Crippen LogP contribution is -2.09. The molecule has 0 radical (unpaired) electrons. The van der Waals surface area contributed by atoms with Gasteiger partial charge in [-0.05, 0) is 45.8 Å². The van der Waals surface area contributed by atoms with Gasteiger partial charge in [-0.15, -0.1) is 0 Å². The monoisotopic (exact) mass is 342 g/mol. The third-order valence-electron chi connectivity index (χ3n) is 2.43. The van der Waals surface area contributed by atoms with Crippen LogP contribution < -0.4 is 5.73 Å². The van der Waals surface area contributed by atoms with E-state index in [1.54, 1.807) is 18.0 Å². The average molecular weight is 344 g/mol. The summed E-state index contributed by atoms with van der Waals surface area (Å²) in [6, 6.07) is 11.6. The fraction of sp³-hybridized carbons (Fsp3) is 0.154. The fourth-order valence-electron chi connectivity index (χ4n) is 1.52. The number of aromatic nitrogens is 1. The summed E-state index contributed by atoms with van der Waals surface area (Å²) in [5.41, 5.74) is 7.00. The van der Waals surface area contributed by atoms with Crippen molar-refractivity contribution in [1.29, 1.82) is 0 Å². The summed E-state index contributed by atoms with van der Waals surface area (Å²) < 4.78 is 0.988. The molecule has 2 nitrogen and oxygen atoms in total. The molecular formula is C13H12BrClN2S. The van der Waals surface area contributed by atoms with Gasteiger partial charge in [-0.3, -0.25) is 0 Å². The lowest BCUT2D eigenvalue weighted by atomic mass is 10.1. The van der Waals surface area contributed by atoms with Crippen LogP contribution in [0.1, 0.15) is 10.8 Å². The SMILES string of the molecule is NCC(Sc1ncccc1Br)c1ccc(Cl)cc1. The van der Waals surface area contributed by atoms with Crippen molar-refractivity contribution in [3.8, 4) is 0 Å². The number of pyridine rings is 1. The Morgan fingerprint density at radius 3 is 2.61 bits per heavy atom. The van der Waals surface area contributed by atoms with Crippen molar-refractivity contribution in [2.45, 2.75) is 10.3 Å². The molecule has 0 spiro atoms. The molecule has 1 aromatic carbocycles. The lowest BCUT2D eigenvalue weighted by Gasteiger charge is -2.15. The van der Waals surface area contributed by atoms with Crippen LogP contribution in [-0.4, -0.2) is 11.5 Å². The van der Waals surface area contributed by atoms with E-state index in [1.807, 2.05) is 36.4 Å². The molecule has 1 unspecified atom stereocenters. The van der Waals surface area contributed by atoms with Crippen LogP contribution >= 0.6 is 39.3 Å². The van der Waals surface area contributed by atoms with E-state index in [9.17, 15) is 0 Å². The molecule has 1 heterocycles. The van der Waals surface area contributed by atoms with Crippen molar-refractivity contribution < 1.29 is 0 Å². The van der Waals surface area contributed by atoms with Crippen molar-refractivity contribution in [3.63, 3.8) is 0 Å². The van der Waals surface area contributed by atoms with Gasteiger partial charge in [0.2, 0.25) is 0 Å². The molecule has 5 heteroatoms. The minimum absolute atomic E-state index is 0.175. The maximum atomic E-state index is 5.89. The van der Waals surface area contributed by atoms with Crippen LogP contribution in [0.25, 0.3) is 0 Å². The van der Waals surface area contributed by atoms with Gasteiger partial charge < -0.3 is 5.73 Å². The van der Waals surface area contributed by atoms with Crippen LogP contribution in [0.5, 0.6) is 0 Å². The zero-order chi connectivity index (χ0) is 13.0. The molecule has 0 bridgehead atoms. The Bertz CT molecular complexity index is 519. The second-order valence-electron chi connectivity index (χ2n) is 3.68. The molecule has 1 atom stereocenters. The summed E-state index contributed by atoms with van der Waals surface area (Å²) in [6.07, 6.45) is 1.78. The van der Waals surface area contributed by atoms with Gasteiger partial charge in [-0.2, -0.15) is 0 Å². The van der Waals surface area contributed by atoms with Crippen LogP contribution in [0.3, 0.4) is 0 Å². The summed E-state index contributed by atoms with van der Waals surface area (Å²) in [5, 5.41) is 1.86. The maximum Gasteiger partial charge on any atom is 0.111 e. The van der Waals surface area contributed by atoms with Gasteiger partial charge in [-0.1, -0.05) is 35.5 Å². The Labute approximate surface area is 124 Å². The molecule has 0 amide bonds. The Balaban J connectivity index is 2.20. The van der Waals surface area contributed by atoms with E-state index < -0.39 is 0 Å². The smallest absolute Gasteiger partial charge is 0.111 e. The number of hydrogen-bond acceptors (Lipinski definition) is 3. The van der Waals surface area contributed by atoms with E-state index in [0.717, 1.165) is 20.1 Å². The molecule has 0 saturated heterocycles. The van der Waals surface area contributed by atoms with Crippen molar-refractivity contribution >= 4 is 39.3 Å². The van der Waals surface area contributed by atoms with Crippen molar-refractivity contribution in [2.24, 2.45) is 5.73 Å². The number of hydrogen-bond donors (Lipinski definition) is 1. The van der Waals surface area contributed by atoms with Crippen molar-refractivity contribution in [3.05, 3.63) is 57.7 Å². The Kier molecular flexibility index (Phi) is 5.06. The molecule has 0 aliphatic rings. The first-order chi connectivity index (χ1) is 8.70. The molecule has 18 heavy (non-hydrogen) atoms. The zero-order valence-corrected chi connectivity index (χ0v) is 12.7. The van der Waals surface area contributed by atoms with E-state index in [1.165, 1.54) is 0 Å². The molecule has 2 aromatic rings. The molecule has 0 aliphatic heterocycles. The quantitative estimate of drug-likeness (QED) is 0.842. The Morgan fingerprint density at radius 1 is 1.28 bits per heavy atom. The first-order valence-electron chi connectivity index (χ1n) is 5.43. The van der Waals surface area contributed by atoms with Gasteiger partial charge in [-0.25, -0.2) is 4.98 Å². The van der Waals surface area contributed by atoms with Gasteiger partial charge in [0.15, 0.2) is 0 Å². The summed E-state index contributed by atoms with van der Waals surface area (Å²) in [7, 11) is 0. The number of benzene rings is 1.